The first-order valence-electron chi connectivity index (χ1n) is 10.6. The number of nitrogens with zero attached hydrogens (tertiary/aromatic N) is 4. The lowest BCUT2D eigenvalue weighted by Gasteiger charge is -2.33. The van der Waals surface area contributed by atoms with Crippen LogP contribution in [-0.4, -0.2) is 30.1 Å². The number of hydrogen-bond donors (Lipinski definition) is 0. The van der Waals surface area contributed by atoms with Crippen LogP contribution in [0.15, 0.2) is 66.7 Å². The molecule has 150 valence electrons. The van der Waals surface area contributed by atoms with Gasteiger partial charge < -0.3 is 9.80 Å². The lowest BCUT2D eigenvalue weighted by atomic mass is 9.90. The van der Waals surface area contributed by atoms with Crippen LogP contribution >= 0.6 is 0 Å². The van der Waals surface area contributed by atoms with Gasteiger partial charge in [-0.15, -0.1) is 0 Å². The molecule has 0 spiro atoms. The molecule has 0 aliphatic carbocycles. The van der Waals surface area contributed by atoms with Crippen molar-refractivity contribution < 1.29 is 0 Å². The highest BCUT2D eigenvalue weighted by Gasteiger charge is 2.21. The summed E-state index contributed by atoms with van der Waals surface area (Å²) in [5.74, 6) is 2.62. The summed E-state index contributed by atoms with van der Waals surface area (Å²) < 4.78 is 0. The van der Waals surface area contributed by atoms with E-state index in [-0.39, 0.29) is 0 Å². The zero-order valence-electron chi connectivity index (χ0n) is 17.5. The first-order valence-corrected chi connectivity index (χ1v) is 10.6. The van der Waals surface area contributed by atoms with E-state index in [1.165, 1.54) is 30.4 Å². The van der Waals surface area contributed by atoms with Crippen LogP contribution in [0.4, 0.5) is 11.8 Å². The second-order valence-electron chi connectivity index (χ2n) is 8.13. The molecule has 1 aliphatic rings. The van der Waals surface area contributed by atoms with Crippen molar-refractivity contribution in [3.05, 3.63) is 83.6 Å². The summed E-state index contributed by atoms with van der Waals surface area (Å²) in [6.07, 6.45) is 3.61. The number of aryl methyl sites for hydroxylation is 1. The normalized spacial score (nSPS) is 14.8. The molecule has 1 aliphatic heterocycles. The van der Waals surface area contributed by atoms with Gasteiger partial charge in [-0.25, -0.2) is 4.98 Å². The van der Waals surface area contributed by atoms with E-state index in [0.29, 0.717) is 0 Å². The van der Waals surface area contributed by atoms with Crippen LogP contribution in [0.25, 0.3) is 0 Å². The fourth-order valence-corrected chi connectivity index (χ4v) is 4.11. The Labute approximate surface area is 174 Å². The number of aromatic nitrogens is 2. The zero-order valence-corrected chi connectivity index (χ0v) is 17.5. The molecule has 3 aromatic rings. The van der Waals surface area contributed by atoms with Gasteiger partial charge in [-0.2, -0.15) is 4.98 Å². The van der Waals surface area contributed by atoms with Crippen molar-refractivity contribution in [2.45, 2.75) is 32.7 Å². The molecule has 4 nitrogen and oxygen atoms in total. The highest BCUT2D eigenvalue weighted by molar-refractivity contribution is 5.46. The van der Waals surface area contributed by atoms with E-state index < -0.39 is 0 Å². The Morgan fingerprint density at radius 2 is 1.52 bits per heavy atom. The molecule has 0 bridgehead atoms. The average molecular weight is 387 g/mol. The maximum absolute atomic E-state index is 4.90. The third-order valence-electron chi connectivity index (χ3n) is 5.74. The maximum Gasteiger partial charge on any atom is 0.227 e. The standard InChI is InChI=1S/C25H30N4/c1-20-17-24(27-25(26-20)28(2)19-23-11-7-4-8-12-23)29-15-13-22(14-16-29)18-21-9-5-3-6-10-21/h3-12,17,22H,13-16,18-19H2,1-2H3. The molecule has 1 saturated heterocycles. The van der Waals surface area contributed by atoms with Crippen LogP contribution in [0.1, 0.15) is 29.7 Å². The number of piperidine rings is 1. The van der Waals surface area contributed by atoms with Crippen molar-refractivity contribution in [2.24, 2.45) is 5.92 Å². The van der Waals surface area contributed by atoms with E-state index in [2.05, 4.69) is 89.4 Å². The Hall–Kier alpha value is -2.88. The van der Waals surface area contributed by atoms with Gasteiger partial charge in [0.25, 0.3) is 0 Å². The molecule has 1 fully saturated rings. The van der Waals surface area contributed by atoms with E-state index in [9.17, 15) is 0 Å². The van der Waals surface area contributed by atoms with Gasteiger partial charge in [0.15, 0.2) is 0 Å². The van der Waals surface area contributed by atoms with E-state index in [1.807, 2.05) is 6.07 Å². The summed E-state index contributed by atoms with van der Waals surface area (Å²) in [5.41, 5.74) is 3.74. The lowest BCUT2D eigenvalue weighted by molar-refractivity contribution is 0.402. The van der Waals surface area contributed by atoms with E-state index in [0.717, 1.165) is 43.0 Å². The van der Waals surface area contributed by atoms with Crippen molar-refractivity contribution >= 4 is 11.8 Å². The van der Waals surface area contributed by atoms with Crippen molar-refractivity contribution in [3.63, 3.8) is 0 Å². The van der Waals surface area contributed by atoms with Gasteiger partial charge in [0.2, 0.25) is 5.95 Å². The van der Waals surface area contributed by atoms with Crippen molar-refractivity contribution in [1.29, 1.82) is 0 Å². The summed E-state index contributed by atoms with van der Waals surface area (Å²) >= 11 is 0. The predicted molar refractivity (Wildman–Crippen MR) is 120 cm³/mol. The summed E-state index contributed by atoms with van der Waals surface area (Å²) in [6, 6.07) is 23.5. The summed E-state index contributed by atoms with van der Waals surface area (Å²) in [4.78, 5) is 14.1. The Balaban J connectivity index is 1.40. The topological polar surface area (TPSA) is 32.3 Å². The molecule has 0 amide bonds. The Morgan fingerprint density at radius 1 is 0.897 bits per heavy atom. The molecule has 0 atom stereocenters. The summed E-state index contributed by atoms with van der Waals surface area (Å²) in [5, 5.41) is 0. The Kier molecular flexibility index (Phi) is 6.09. The molecule has 2 heterocycles. The van der Waals surface area contributed by atoms with Crippen LogP contribution in [0.2, 0.25) is 0 Å². The number of anilines is 2. The first-order chi connectivity index (χ1) is 14.2. The highest BCUT2D eigenvalue weighted by atomic mass is 15.3. The largest absolute Gasteiger partial charge is 0.356 e. The van der Waals surface area contributed by atoms with E-state index in [4.69, 9.17) is 4.98 Å². The van der Waals surface area contributed by atoms with Gasteiger partial charge in [0, 0.05) is 38.4 Å². The third-order valence-corrected chi connectivity index (χ3v) is 5.74. The Bertz CT molecular complexity index is 903. The van der Waals surface area contributed by atoms with Crippen LogP contribution in [0.5, 0.6) is 0 Å². The number of rotatable bonds is 6. The minimum atomic E-state index is 0.761. The van der Waals surface area contributed by atoms with Gasteiger partial charge in [-0.05, 0) is 43.2 Å². The third kappa shape index (κ3) is 5.14. The van der Waals surface area contributed by atoms with Crippen LogP contribution in [0, 0.1) is 12.8 Å². The monoisotopic (exact) mass is 386 g/mol. The second-order valence-corrected chi connectivity index (χ2v) is 8.13. The maximum atomic E-state index is 4.90. The summed E-state index contributed by atoms with van der Waals surface area (Å²) in [7, 11) is 2.07. The van der Waals surface area contributed by atoms with Crippen LogP contribution < -0.4 is 9.80 Å². The van der Waals surface area contributed by atoms with Crippen LogP contribution in [-0.2, 0) is 13.0 Å². The fourth-order valence-electron chi connectivity index (χ4n) is 4.11. The molecule has 0 radical (unpaired) electrons. The molecule has 4 heteroatoms. The highest BCUT2D eigenvalue weighted by Crippen LogP contribution is 2.26. The van der Waals surface area contributed by atoms with Gasteiger partial charge in [-0.3, -0.25) is 0 Å². The predicted octanol–water partition coefficient (Wildman–Crippen LogP) is 4.88. The minimum absolute atomic E-state index is 0.761. The van der Waals surface area contributed by atoms with Crippen molar-refractivity contribution in [2.75, 3.05) is 29.9 Å². The molecule has 0 saturated carbocycles. The van der Waals surface area contributed by atoms with Crippen LogP contribution in [0.3, 0.4) is 0 Å². The quantitative estimate of drug-likeness (QED) is 0.604. The van der Waals surface area contributed by atoms with Crippen molar-refractivity contribution in [3.8, 4) is 0 Å². The van der Waals surface area contributed by atoms with E-state index in [1.54, 1.807) is 0 Å². The van der Waals surface area contributed by atoms with Gasteiger partial charge in [0.05, 0.1) is 0 Å². The number of benzene rings is 2. The Morgan fingerprint density at radius 3 is 2.17 bits per heavy atom. The van der Waals surface area contributed by atoms with Crippen molar-refractivity contribution in [1.82, 2.24) is 9.97 Å². The fraction of sp³-hybridized carbons (Fsp3) is 0.360. The molecule has 29 heavy (non-hydrogen) atoms. The van der Waals surface area contributed by atoms with Gasteiger partial charge in [-0.1, -0.05) is 60.7 Å². The van der Waals surface area contributed by atoms with Gasteiger partial charge >= 0.3 is 0 Å². The molecule has 0 N–H and O–H groups in total. The van der Waals surface area contributed by atoms with E-state index >= 15 is 0 Å². The average Bonchev–Trinajstić information content (AvgIpc) is 2.75. The summed E-state index contributed by atoms with van der Waals surface area (Å²) in [6.45, 7) is 5.00. The first kappa shape index (κ1) is 19.4. The molecular weight excluding hydrogens is 356 g/mol. The number of hydrogen-bond acceptors (Lipinski definition) is 4. The molecule has 2 aromatic carbocycles. The zero-order chi connectivity index (χ0) is 20.1. The molecule has 1 aromatic heterocycles. The SMILES string of the molecule is Cc1cc(N2CCC(Cc3ccccc3)CC2)nc(N(C)Cc2ccccc2)n1. The molecule has 4 rings (SSSR count). The molecular formula is C25H30N4. The molecule has 0 unspecified atom stereocenters. The second kappa shape index (κ2) is 9.08. The minimum Gasteiger partial charge on any atom is -0.356 e. The smallest absolute Gasteiger partial charge is 0.227 e. The van der Waals surface area contributed by atoms with Gasteiger partial charge in [0.1, 0.15) is 5.82 Å². The lowest BCUT2D eigenvalue weighted by Crippen LogP contribution is -2.35.